The third-order valence-electron chi connectivity index (χ3n) is 3.66. The number of nitrogens with zero attached hydrogens (tertiary/aromatic N) is 3. The number of hydrogen-bond donors (Lipinski definition) is 1. The van der Waals surface area contributed by atoms with Crippen molar-refractivity contribution in [3.05, 3.63) is 60.4 Å². The van der Waals surface area contributed by atoms with Crippen molar-refractivity contribution in [2.75, 3.05) is 19.4 Å². The van der Waals surface area contributed by atoms with Crippen LogP contribution in [0.2, 0.25) is 0 Å². The minimum Gasteiger partial charge on any atom is -0.345 e. The number of imidazole rings is 1. The van der Waals surface area contributed by atoms with E-state index in [0.717, 1.165) is 11.0 Å². The molecular formula is C18H18N4O2. The molecule has 3 rings (SSSR count). The van der Waals surface area contributed by atoms with Crippen LogP contribution in [-0.2, 0) is 11.3 Å². The SMILES string of the molecule is CN(C)C(=O)c1ccc(NC(=O)Cn2cnc3ccccc32)cc1. The van der Waals surface area contributed by atoms with Crippen LogP contribution >= 0.6 is 0 Å². The van der Waals surface area contributed by atoms with Crippen LogP contribution in [0.3, 0.4) is 0 Å². The first-order valence-corrected chi connectivity index (χ1v) is 7.56. The summed E-state index contributed by atoms with van der Waals surface area (Å²) >= 11 is 0. The number of benzene rings is 2. The summed E-state index contributed by atoms with van der Waals surface area (Å²) in [6.45, 7) is 0.179. The Hall–Kier alpha value is -3.15. The van der Waals surface area contributed by atoms with E-state index >= 15 is 0 Å². The summed E-state index contributed by atoms with van der Waals surface area (Å²) < 4.78 is 1.80. The van der Waals surface area contributed by atoms with Gasteiger partial charge >= 0.3 is 0 Å². The second-order valence-electron chi connectivity index (χ2n) is 5.69. The fraction of sp³-hybridized carbons (Fsp3) is 0.167. The number of carbonyl (C=O) groups is 2. The van der Waals surface area contributed by atoms with Gasteiger partial charge in [-0.1, -0.05) is 12.1 Å². The van der Waals surface area contributed by atoms with E-state index in [0.29, 0.717) is 11.3 Å². The zero-order chi connectivity index (χ0) is 17.1. The molecule has 0 radical (unpaired) electrons. The van der Waals surface area contributed by atoms with Crippen LogP contribution in [0.25, 0.3) is 11.0 Å². The van der Waals surface area contributed by atoms with Crippen LogP contribution in [0.1, 0.15) is 10.4 Å². The molecule has 0 saturated heterocycles. The van der Waals surface area contributed by atoms with E-state index in [1.54, 1.807) is 49.3 Å². The van der Waals surface area contributed by atoms with Gasteiger partial charge in [0.25, 0.3) is 5.91 Å². The van der Waals surface area contributed by atoms with Gasteiger partial charge in [0, 0.05) is 25.3 Å². The van der Waals surface area contributed by atoms with Gasteiger partial charge < -0.3 is 14.8 Å². The summed E-state index contributed by atoms with van der Waals surface area (Å²) in [6.07, 6.45) is 1.66. The lowest BCUT2D eigenvalue weighted by atomic mass is 10.2. The Bertz CT molecular complexity index is 881. The van der Waals surface area contributed by atoms with Gasteiger partial charge in [-0.3, -0.25) is 9.59 Å². The summed E-state index contributed by atoms with van der Waals surface area (Å²) in [6, 6.07) is 14.5. The Morgan fingerprint density at radius 3 is 2.50 bits per heavy atom. The van der Waals surface area contributed by atoms with Gasteiger partial charge in [-0.15, -0.1) is 0 Å². The molecule has 2 amide bonds. The Morgan fingerprint density at radius 1 is 1.08 bits per heavy atom. The molecule has 0 bridgehead atoms. The molecule has 122 valence electrons. The van der Waals surface area contributed by atoms with Crippen molar-refractivity contribution < 1.29 is 9.59 Å². The molecule has 1 N–H and O–H groups in total. The normalized spacial score (nSPS) is 10.6. The standard InChI is InChI=1S/C18H18N4O2/c1-21(2)18(24)13-7-9-14(10-8-13)20-17(23)11-22-12-19-15-5-3-4-6-16(15)22/h3-10,12H,11H2,1-2H3,(H,20,23). The maximum absolute atomic E-state index is 12.2. The quantitative estimate of drug-likeness (QED) is 0.802. The average Bonchev–Trinajstić information content (AvgIpc) is 2.98. The monoisotopic (exact) mass is 322 g/mol. The fourth-order valence-corrected chi connectivity index (χ4v) is 2.45. The first kappa shape index (κ1) is 15.7. The van der Waals surface area contributed by atoms with E-state index in [1.807, 2.05) is 24.3 Å². The highest BCUT2D eigenvalue weighted by Gasteiger charge is 2.09. The molecule has 2 aromatic carbocycles. The molecule has 1 heterocycles. The Balaban J connectivity index is 1.68. The second-order valence-corrected chi connectivity index (χ2v) is 5.69. The molecule has 0 aliphatic carbocycles. The summed E-state index contributed by atoms with van der Waals surface area (Å²) in [4.78, 5) is 29.8. The molecule has 1 aromatic heterocycles. The first-order valence-electron chi connectivity index (χ1n) is 7.56. The third kappa shape index (κ3) is 3.27. The zero-order valence-electron chi connectivity index (χ0n) is 13.6. The van der Waals surface area contributed by atoms with Crippen LogP contribution in [0.5, 0.6) is 0 Å². The van der Waals surface area contributed by atoms with E-state index in [1.165, 1.54) is 4.90 Å². The van der Waals surface area contributed by atoms with Crippen LogP contribution in [0.4, 0.5) is 5.69 Å². The van der Waals surface area contributed by atoms with Gasteiger partial charge in [0.2, 0.25) is 5.91 Å². The number of para-hydroxylation sites is 2. The van der Waals surface area contributed by atoms with Crippen molar-refractivity contribution in [1.82, 2.24) is 14.5 Å². The fourth-order valence-electron chi connectivity index (χ4n) is 2.45. The zero-order valence-corrected chi connectivity index (χ0v) is 13.6. The minimum absolute atomic E-state index is 0.0715. The predicted molar refractivity (Wildman–Crippen MR) is 92.8 cm³/mol. The van der Waals surface area contributed by atoms with E-state index < -0.39 is 0 Å². The lowest BCUT2D eigenvalue weighted by Crippen LogP contribution is -2.22. The molecular weight excluding hydrogens is 304 g/mol. The summed E-state index contributed by atoms with van der Waals surface area (Å²) in [7, 11) is 3.40. The Labute approximate surface area is 139 Å². The number of rotatable bonds is 4. The van der Waals surface area contributed by atoms with Crippen molar-refractivity contribution in [3.8, 4) is 0 Å². The maximum atomic E-state index is 12.2. The number of carbonyl (C=O) groups excluding carboxylic acids is 2. The van der Waals surface area contributed by atoms with E-state index in [9.17, 15) is 9.59 Å². The van der Waals surface area contributed by atoms with Gasteiger partial charge in [0.05, 0.1) is 17.4 Å². The lowest BCUT2D eigenvalue weighted by molar-refractivity contribution is -0.116. The highest BCUT2D eigenvalue weighted by atomic mass is 16.2. The van der Waals surface area contributed by atoms with Crippen LogP contribution in [0.15, 0.2) is 54.9 Å². The molecule has 0 aliphatic heterocycles. The molecule has 0 atom stereocenters. The second kappa shape index (κ2) is 6.54. The van der Waals surface area contributed by atoms with Gasteiger partial charge in [0.1, 0.15) is 6.54 Å². The molecule has 0 unspecified atom stereocenters. The minimum atomic E-state index is -0.148. The van der Waals surface area contributed by atoms with Gasteiger partial charge in [-0.25, -0.2) is 4.98 Å². The van der Waals surface area contributed by atoms with Crippen LogP contribution in [-0.4, -0.2) is 40.4 Å². The number of hydrogen-bond acceptors (Lipinski definition) is 3. The first-order chi connectivity index (χ1) is 11.5. The molecule has 6 heteroatoms. The van der Waals surface area contributed by atoms with Crippen molar-refractivity contribution in [2.45, 2.75) is 6.54 Å². The lowest BCUT2D eigenvalue weighted by Gasteiger charge is -2.11. The van der Waals surface area contributed by atoms with Crippen molar-refractivity contribution in [3.63, 3.8) is 0 Å². The third-order valence-corrected chi connectivity index (χ3v) is 3.66. The molecule has 0 aliphatic rings. The molecule has 0 fully saturated rings. The molecule has 0 spiro atoms. The van der Waals surface area contributed by atoms with E-state index in [2.05, 4.69) is 10.3 Å². The predicted octanol–water partition coefficient (Wildman–Crippen LogP) is 2.38. The summed E-state index contributed by atoms with van der Waals surface area (Å²) in [5.41, 5.74) is 3.01. The van der Waals surface area contributed by atoms with Crippen molar-refractivity contribution in [1.29, 1.82) is 0 Å². The van der Waals surface area contributed by atoms with Crippen molar-refractivity contribution in [2.24, 2.45) is 0 Å². The van der Waals surface area contributed by atoms with Crippen LogP contribution in [0, 0.1) is 0 Å². The number of aromatic nitrogens is 2. The Morgan fingerprint density at radius 2 is 1.79 bits per heavy atom. The Kier molecular flexibility index (Phi) is 4.29. The summed E-state index contributed by atoms with van der Waals surface area (Å²) in [5, 5.41) is 2.83. The van der Waals surface area contributed by atoms with Gasteiger partial charge in [-0.2, -0.15) is 0 Å². The number of nitrogens with one attached hydrogen (secondary N) is 1. The van der Waals surface area contributed by atoms with E-state index in [-0.39, 0.29) is 18.4 Å². The maximum Gasteiger partial charge on any atom is 0.253 e. The van der Waals surface area contributed by atoms with E-state index in [4.69, 9.17) is 0 Å². The largest absolute Gasteiger partial charge is 0.345 e. The number of amides is 2. The molecule has 24 heavy (non-hydrogen) atoms. The van der Waals surface area contributed by atoms with Gasteiger partial charge in [0.15, 0.2) is 0 Å². The van der Waals surface area contributed by atoms with Crippen molar-refractivity contribution >= 4 is 28.5 Å². The highest BCUT2D eigenvalue weighted by Crippen LogP contribution is 2.13. The smallest absolute Gasteiger partial charge is 0.253 e. The number of anilines is 1. The molecule has 3 aromatic rings. The van der Waals surface area contributed by atoms with Crippen LogP contribution < -0.4 is 5.32 Å². The highest BCUT2D eigenvalue weighted by molar-refractivity contribution is 5.95. The average molecular weight is 322 g/mol. The summed E-state index contributed by atoms with van der Waals surface area (Å²) in [5.74, 6) is -0.220. The topological polar surface area (TPSA) is 67.2 Å². The molecule has 6 nitrogen and oxygen atoms in total. The number of fused-ring (bicyclic) bond motifs is 1. The molecule has 0 saturated carbocycles. The van der Waals surface area contributed by atoms with Gasteiger partial charge in [-0.05, 0) is 36.4 Å².